The summed E-state index contributed by atoms with van der Waals surface area (Å²) in [6.07, 6.45) is 0. The van der Waals surface area contributed by atoms with E-state index in [1.807, 2.05) is 6.92 Å². The fourth-order valence-corrected chi connectivity index (χ4v) is 0.894. The average molecular weight is 164 g/mol. The zero-order chi connectivity index (χ0) is 7.82. The lowest BCUT2D eigenvalue weighted by atomic mass is 10.7. The van der Waals surface area contributed by atoms with Crippen molar-refractivity contribution in [3.05, 3.63) is 0 Å². The van der Waals surface area contributed by atoms with Crippen LogP contribution >= 0.6 is 11.8 Å². The van der Waals surface area contributed by atoms with Crippen LogP contribution in [-0.2, 0) is 9.53 Å². The Morgan fingerprint density at radius 1 is 1.70 bits per heavy atom. The maximum absolute atomic E-state index is 10.3. The van der Waals surface area contributed by atoms with E-state index in [1.54, 1.807) is 11.8 Å². The van der Waals surface area contributed by atoms with Crippen LogP contribution in [0, 0.1) is 0 Å². The van der Waals surface area contributed by atoms with Gasteiger partial charge in [-0.3, -0.25) is 0 Å². The highest BCUT2D eigenvalue weighted by atomic mass is 32.2. The van der Waals surface area contributed by atoms with Gasteiger partial charge in [-0.2, -0.15) is 11.8 Å². The summed E-state index contributed by atoms with van der Waals surface area (Å²) in [5.41, 5.74) is 0. The number of aliphatic hydroxyl groups excluding tert-OH is 1. The van der Waals surface area contributed by atoms with E-state index in [1.165, 1.54) is 0 Å². The van der Waals surface area contributed by atoms with Crippen LogP contribution in [0.5, 0.6) is 0 Å². The third kappa shape index (κ3) is 5.91. The second kappa shape index (κ2) is 6.89. The first-order valence-corrected chi connectivity index (χ1v) is 4.31. The monoisotopic (exact) mass is 164 g/mol. The first-order chi connectivity index (χ1) is 4.81. The number of rotatable bonds is 5. The molecule has 0 amide bonds. The third-order valence-electron chi connectivity index (χ3n) is 0.824. The highest BCUT2D eigenvalue weighted by molar-refractivity contribution is 7.99. The normalized spacial score (nSPS) is 9.40. The van der Waals surface area contributed by atoms with Crippen molar-refractivity contribution in [1.29, 1.82) is 0 Å². The summed E-state index contributed by atoms with van der Waals surface area (Å²) in [6.45, 7) is 1.92. The van der Waals surface area contributed by atoms with E-state index in [2.05, 4.69) is 4.74 Å². The molecule has 0 aromatic heterocycles. The minimum Gasteiger partial charge on any atom is -0.463 e. The van der Waals surface area contributed by atoms with Gasteiger partial charge in [0, 0.05) is 5.75 Å². The first kappa shape index (κ1) is 9.78. The van der Waals surface area contributed by atoms with Gasteiger partial charge in [0.25, 0.3) is 0 Å². The molecule has 0 aliphatic heterocycles. The summed E-state index contributed by atoms with van der Waals surface area (Å²) < 4.78 is 4.58. The fourth-order valence-electron chi connectivity index (χ4n) is 0.404. The predicted molar refractivity (Wildman–Crippen MR) is 41.0 cm³/mol. The Labute approximate surface area is 64.8 Å². The molecule has 0 spiro atoms. The number of thioether (sulfide) groups is 1. The molecule has 1 N–H and O–H groups in total. The SMILES string of the molecule is CCSCCOC(=O)CO. The molecule has 3 nitrogen and oxygen atoms in total. The average Bonchev–Trinajstić information content (AvgIpc) is 1.98. The molecule has 4 heteroatoms. The zero-order valence-electron chi connectivity index (χ0n) is 6.00. The van der Waals surface area contributed by atoms with Crippen LogP contribution in [-0.4, -0.2) is 35.8 Å². The number of esters is 1. The summed E-state index contributed by atoms with van der Waals surface area (Å²) >= 11 is 1.70. The molecule has 0 saturated carbocycles. The third-order valence-corrected chi connectivity index (χ3v) is 1.69. The molecule has 0 heterocycles. The summed E-state index contributed by atoms with van der Waals surface area (Å²) in [6, 6.07) is 0. The van der Waals surface area contributed by atoms with Crippen molar-refractivity contribution in [3.63, 3.8) is 0 Å². The molecule has 0 unspecified atom stereocenters. The maximum atomic E-state index is 10.3. The van der Waals surface area contributed by atoms with E-state index in [0.29, 0.717) is 6.61 Å². The number of carbonyl (C=O) groups excluding carboxylic acids is 1. The molecule has 0 bridgehead atoms. The molecule has 0 aromatic carbocycles. The van der Waals surface area contributed by atoms with Gasteiger partial charge in [0.1, 0.15) is 13.2 Å². The number of carbonyl (C=O) groups is 1. The van der Waals surface area contributed by atoms with Gasteiger partial charge in [-0.1, -0.05) is 6.92 Å². The highest BCUT2D eigenvalue weighted by Crippen LogP contribution is 1.96. The lowest BCUT2D eigenvalue weighted by molar-refractivity contribution is -0.146. The lowest BCUT2D eigenvalue weighted by Gasteiger charge is -2.00. The van der Waals surface area contributed by atoms with Crippen LogP contribution in [0.4, 0.5) is 0 Å². The Balaban J connectivity index is 2.96. The predicted octanol–water partition coefficient (Wildman–Crippen LogP) is 0.275. The highest BCUT2D eigenvalue weighted by Gasteiger charge is 1.96. The number of hydrogen-bond donors (Lipinski definition) is 1. The Kier molecular flexibility index (Phi) is 6.74. The summed E-state index contributed by atoms with van der Waals surface area (Å²) in [7, 11) is 0. The van der Waals surface area contributed by atoms with Crippen molar-refractivity contribution < 1.29 is 14.6 Å². The number of ether oxygens (including phenoxy) is 1. The molecule has 60 valence electrons. The zero-order valence-corrected chi connectivity index (χ0v) is 6.82. The van der Waals surface area contributed by atoms with Crippen LogP contribution in [0.1, 0.15) is 6.92 Å². The minimum atomic E-state index is -0.545. The van der Waals surface area contributed by atoms with Crippen molar-refractivity contribution in [2.45, 2.75) is 6.92 Å². The van der Waals surface area contributed by atoms with Crippen LogP contribution in [0.15, 0.2) is 0 Å². The molecular formula is C6H12O3S. The fraction of sp³-hybridized carbons (Fsp3) is 0.833. The molecular weight excluding hydrogens is 152 g/mol. The summed E-state index contributed by atoms with van der Waals surface area (Å²) in [5, 5.41) is 8.21. The van der Waals surface area contributed by atoms with E-state index < -0.39 is 12.6 Å². The second-order valence-electron chi connectivity index (χ2n) is 1.58. The largest absolute Gasteiger partial charge is 0.463 e. The molecule has 0 radical (unpaired) electrons. The van der Waals surface area contributed by atoms with Crippen molar-refractivity contribution in [2.75, 3.05) is 24.7 Å². The van der Waals surface area contributed by atoms with Crippen LogP contribution in [0.3, 0.4) is 0 Å². The van der Waals surface area contributed by atoms with Crippen LogP contribution in [0.2, 0.25) is 0 Å². The van der Waals surface area contributed by atoms with E-state index in [9.17, 15) is 4.79 Å². The van der Waals surface area contributed by atoms with Crippen molar-refractivity contribution in [3.8, 4) is 0 Å². The molecule has 0 atom stereocenters. The van der Waals surface area contributed by atoms with Crippen LogP contribution < -0.4 is 0 Å². The van der Waals surface area contributed by atoms with Gasteiger partial charge in [0.05, 0.1) is 0 Å². The van der Waals surface area contributed by atoms with E-state index in [4.69, 9.17) is 5.11 Å². The Morgan fingerprint density at radius 2 is 2.40 bits per heavy atom. The Morgan fingerprint density at radius 3 is 2.90 bits per heavy atom. The lowest BCUT2D eigenvalue weighted by Crippen LogP contribution is -2.10. The van der Waals surface area contributed by atoms with Gasteiger partial charge in [0.15, 0.2) is 0 Å². The molecule has 0 rings (SSSR count). The standard InChI is InChI=1S/C6H12O3S/c1-2-10-4-3-9-6(8)5-7/h7H,2-5H2,1H3. The second-order valence-corrected chi connectivity index (χ2v) is 2.97. The van der Waals surface area contributed by atoms with Gasteiger partial charge in [-0.05, 0) is 5.75 Å². The molecule has 0 fully saturated rings. The van der Waals surface area contributed by atoms with Gasteiger partial charge < -0.3 is 9.84 Å². The van der Waals surface area contributed by atoms with Crippen molar-refractivity contribution in [2.24, 2.45) is 0 Å². The van der Waals surface area contributed by atoms with Gasteiger partial charge in [-0.15, -0.1) is 0 Å². The van der Waals surface area contributed by atoms with Crippen molar-refractivity contribution >= 4 is 17.7 Å². The maximum Gasteiger partial charge on any atom is 0.331 e. The minimum absolute atomic E-state index is 0.401. The van der Waals surface area contributed by atoms with Gasteiger partial charge in [0.2, 0.25) is 0 Å². The molecule has 0 aromatic rings. The van der Waals surface area contributed by atoms with E-state index in [0.717, 1.165) is 11.5 Å². The Hall–Kier alpha value is -0.220. The van der Waals surface area contributed by atoms with E-state index in [-0.39, 0.29) is 0 Å². The van der Waals surface area contributed by atoms with Crippen LogP contribution in [0.25, 0.3) is 0 Å². The van der Waals surface area contributed by atoms with Gasteiger partial charge in [-0.25, -0.2) is 4.79 Å². The quantitative estimate of drug-likeness (QED) is 0.468. The molecule has 10 heavy (non-hydrogen) atoms. The van der Waals surface area contributed by atoms with E-state index >= 15 is 0 Å². The molecule has 0 aliphatic rings. The first-order valence-electron chi connectivity index (χ1n) is 3.15. The summed E-state index contributed by atoms with van der Waals surface area (Å²) in [4.78, 5) is 10.3. The Bertz CT molecular complexity index is 95.0. The smallest absolute Gasteiger partial charge is 0.331 e. The van der Waals surface area contributed by atoms with Crippen molar-refractivity contribution in [1.82, 2.24) is 0 Å². The molecule has 0 aliphatic carbocycles. The number of aliphatic hydroxyl groups is 1. The summed E-state index contributed by atoms with van der Waals surface area (Å²) in [5.74, 6) is 1.29. The topological polar surface area (TPSA) is 46.5 Å². The van der Waals surface area contributed by atoms with Gasteiger partial charge >= 0.3 is 5.97 Å². The molecule has 0 saturated heterocycles. The number of hydrogen-bond acceptors (Lipinski definition) is 4.